The van der Waals surface area contributed by atoms with E-state index in [2.05, 4.69) is 26.4 Å². The zero-order valence-electron chi connectivity index (χ0n) is 14.1. The number of hydrogen-bond donors (Lipinski definition) is 7. The van der Waals surface area contributed by atoms with Crippen LogP contribution in [0.4, 0.5) is 0 Å². The molecule has 8 nitrogen and oxygen atoms in total. The van der Waals surface area contributed by atoms with Crippen LogP contribution >= 0.6 is 0 Å². The lowest BCUT2D eigenvalue weighted by Crippen LogP contribution is -2.40. The molecule has 1 aliphatic carbocycles. The monoisotopic (exact) mass is 333 g/mol. The highest BCUT2D eigenvalue weighted by molar-refractivity contribution is 4.78. The van der Waals surface area contributed by atoms with Crippen molar-refractivity contribution in [3.05, 3.63) is 0 Å². The fraction of sp³-hybridized carbons (Fsp3) is 1.00. The number of aliphatic hydroxyl groups excluding tert-OH is 1. The summed E-state index contributed by atoms with van der Waals surface area (Å²) in [6.45, 7) is 5.31. The van der Waals surface area contributed by atoms with Crippen molar-refractivity contribution in [1.82, 2.24) is 21.4 Å². The minimum Gasteiger partial charge on any atom is -0.395 e. The molecule has 138 valence electrons. The largest absolute Gasteiger partial charge is 0.395 e. The molecule has 0 aliphatic heterocycles. The first-order valence-electron chi connectivity index (χ1n) is 8.80. The Labute approximate surface area is 139 Å². The lowest BCUT2D eigenvalue weighted by molar-refractivity contribution is -0.301. The molecule has 0 amide bonds. The third-order valence-electron chi connectivity index (χ3n) is 4.35. The van der Waals surface area contributed by atoms with Gasteiger partial charge in [-0.25, -0.2) is 5.26 Å². The van der Waals surface area contributed by atoms with Crippen LogP contribution in [0.3, 0.4) is 0 Å². The molecular weight excluding hydrogens is 298 g/mol. The minimum atomic E-state index is 0.187. The summed E-state index contributed by atoms with van der Waals surface area (Å²) in [5.74, 6) is 0.680. The van der Waals surface area contributed by atoms with Gasteiger partial charge in [0.1, 0.15) is 0 Å². The summed E-state index contributed by atoms with van der Waals surface area (Å²) in [7, 11) is 0. The van der Waals surface area contributed by atoms with E-state index in [1.807, 2.05) is 0 Å². The summed E-state index contributed by atoms with van der Waals surface area (Å²) in [4.78, 5) is 4.00. The van der Waals surface area contributed by atoms with Crippen LogP contribution in [0.2, 0.25) is 0 Å². The SMILES string of the molecule is NC(CNCCNCCNCCO)CC1CCC(NOO)CC1. The summed E-state index contributed by atoms with van der Waals surface area (Å²) in [5, 5.41) is 26.9. The Kier molecular flexibility index (Phi) is 12.7. The normalized spacial score (nSPS) is 23.1. The van der Waals surface area contributed by atoms with Gasteiger partial charge in [0.2, 0.25) is 0 Å². The molecule has 0 bridgehead atoms. The van der Waals surface area contributed by atoms with Crippen molar-refractivity contribution < 1.29 is 15.4 Å². The Hall–Kier alpha value is -0.320. The molecule has 0 aromatic heterocycles. The molecular formula is C15H35N5O3. The van der Waals surface area contributed by atoms with Gasteiger partial charge in [0.15, 0.2) is 0 Å². The minimum absolute atomic E-state index is 0.187. The molecule has 0 radical (unpaired) electrons. The number of rotatable bonds is 14. The van der Waals surface area contributed by atoms with Gasteiger partial charge in [-0.2, -0.15) is 5.48 Å². The first-order valence-corrected chi connectivity index (χ1v) is 8.80. The Bertz CT molecular complexity index is 265. The number of nitrogens with two attached hydrogens (primary N) is 1. The van der Waals surface area contributed by atoms with Gasteiger partial charge in [-0.15, -0.1) is 4.99 Å². The van der Waals surface area contributed by atoms with Crippen molar-refractivity contribution in [2.24, 2.45) is 11.7 Å². The van der Waals surface area contributed by atoms with Gasteiger partial charge in [0.25, 0.3) is 0 Å². The molecule has 1 rings (SSSR count). The summed E-state index contributed by atoms with van der Waals surface area (Å²) >= 11 is 0. The molecule has 1 atom stereocenters. The molecule has 0 aromatic carbocycles. The first-order chi connectivity index (χ1) is 11.3. The standard InChI is InChI=1S/C15H35N5O3/c16-14(11-13-1-3-15(4-2-13)20-23-22)12-19-8-7-17-5-6-18-9-10-21/h13-15,17-22H,1-12,16H2. The first kappa shape index (κ1) is 20.7. The molecule has 1 aliphatic rings. The zero-order valence-corrected chi connectivity index (χ0v) is 14.1. The molecule has 8 N–H and O–H groups in total. The van der Waals surface area contributed by atoms with Crippen LogP contribution in [-0.4, -0.2) is 68.3 Å². The quantitative estimate of drug-likeness (QED) is 0.123. The van der Waals surface area contributed by atoms with E-state index < -0.39 is 0 Å². The molecule has 0 saturated heterocycles. The smallest absolute Gasteiger partial charge is 0.0555 e. The Balaban J connectivity index is 1.90. The second-order valence-corrected chi connectivity index (χ2v) is 6.35. The van der Waals surface area contributed by atoms with Gasteiger partial charge in [-0.05, 0) is 38.0 Å². The highest BCUT2D eigenvalue weighted by atomic mass is 17.2. The van der Waals surface area contributed by atoms with Gasteiger partial charge in [0.05, 0.1) is 6.61 Å². The van der Waals surface area contributed by atoms with Crippen molar-refractivity contribution in [1.29, 1.82) is 0 Å². The molecule has 0 heterocycles. The Morgan fingerprint density at radius 3 is 2.17 bits per heavy atom. The summed E-state index contributed by atoms with van der Waals surface area (Å²) in [6, 6.07) is 0.466. The number of hydrogen-bond acceptors (Lipinski definition) is 8. The summed E-state index contributed by atoms with van der Waals surface area (Å²) in [6.07, 6.45) is 5.38. The van der Waals surface area contributed by atoms with Gasteiger partial charge < -0.3 is 26.8 Å². The molecule has 23 heavy (non-hydrogen) atoms. The average molecular weight is 333 g/mol. The van der Waals surface area contributed by atoms with Gasteiger partial charge >= 0.3 is 0 Å². The molecule has 1 saturated carbocycles. The Morgan fingerprint density at radius 2 is 1.57 bits per heavy atom. The molecule has 8 heteroatoms. The van der Waals surface area contributed by atoms with E-state index in [0.29, 0.717) is 12.5 Å². The maximum atomic E-state index is 8.62. The van der Waals surface area contributed by atoms with Gasteiger partial charge in [-0.3, -0.25) is 0 Å². The van der Waals surface area contributed by atoms with Gasteiger partial charge in [0, 0.05) is 51.4 Å². The fourth-order valence-corrected chi connectivity index (χ4v) is 3.07. The van der Waals surface area contributed by atoms with Crippen molar-refractivity contribution in [2.75, 3.05) is 45.9 Å². The average Bonchev–Trinajstić information content (AvgIpc) is 2.55. The van der Waals surface area contributed by atoms with Crippen LogP contribution in [0.15, 0.2) is 0 Å². The Morgan fingerprint density at radius 1 is 0.957 bits per heavy atom. The fourth-order valence-electron chi connectivity index (χ4n) is 3.07. The molecule has 1 fully saturated rings. The third kappa shape index (κ3) is 11.0. The van der Waals surface area contributed by atoms with Crippen LogP contribution in [0.25, 0.3) is 0 Å². The summed E-state index contributed by atoms with van der Waals surface area (Å²) < 4.78 is 0. The van der Waals surface area contributed by atoms with Crippen LogP contribution < -0.4 is 27.2 Å². The maximum Gasteiger partial charge on any atom is 0.0555 e. The summed E-state index contributed by atoms with van der Waals surface area (Å²) in [5.41, 5.74) is 8.81. The van der Waals surface area contributed by atoms with Crippen LogP contribution in [0, 0.1) is 5.92 Å². The molecule has 1 unspecified atom stereocenters. The lowest BCUT2D eigenvalue weighted by Gasteiger charge is -2.29. The predicted octanol–water partition coefficient (Wildman–Crippen LogP) is -0.982. The number of aliphatic hydroxyl groups is 1. The van der Waals surface area contributed by atoms with Crippen LogP contribution in [0.5, 0.6) is 0 Å². The molecule has 0 aromatic rings. The van der Waals surface area contributed by atoms with Crippen molar-refractivity contribution in [3.63, 3.8) is 0 Å². The number of nitrogens with one attached hydrogen (secondary N) is 4. The maximum absolute atomic E-state index is 8.62. The van der Waals surface area contributed by atoms with E-state index in [9.17, 15) is 0 Å². The van der Waals surface area contributed by atoms with E-state index in [4.69, 9.17) is 16.1 Å². The van der Waals surface area contributed by atoms with E-state index in [-0.39, 0.29) is 18.7 Å². The van der Waals surface area contributed by atoms with E-state index in [0.717, 1.165) is 64.8 Å². The zero-order chi connectivity index (χ0) is 16.8. The second kappa shape index (κ2) is 14.1. The topological polar surface area (TPSA) is 124 Å². The second-order valence-electron chi connectivity index (χ2n) is 6.35. The van der Waals surface area contributed by atoms with E-state index in [1.165, 1.54) is 0 Å². The van der Waals surface area contributed by atoms with Crippen molar-refractivity contribution in [2.45, 2.75) is 44.2 Å². The van der Waals surface area contributed by atoms with Crippen LogP contribution in [0.1, 0.15) is 32.1 Å². The van der Waals surface area contributed by atoms with E-state index in [1.54, 1.807) is 0 Å². The third-order valence-corrected chi connectivity index (χ3v) is 4.35. The van der Waals surface area contributed by atoms with Crippen LogP contribution in [-0.2, 0) is 4.99 Å². The number of hydroxylamine groups is 1. The highest BCUT2D eigenvalue weighted by Crippen LogP contribution is 2.27. The highest BCUT2D eigenvalue weighted by Gasteiger charge is 2.22. The predicted molar refractivity (Wildman–Crippen MR) is 90.9 cm³/mol. The lowest BCUT2D eigenvalue weighted by atomic mass is 9.83. The van der Waals surface area contributed by atoms with E-state index >= 15 is 0 Å². The van der Waals surface area contributed by atoms with Gasteiger partial charge in [-0.1, -0.05) is 0 Å². The van der Waals surface area contributed by atoms with Crippen molar-refractivity contribution in [3.8, 4) is 0 Å². The van der Waals surface area contributed by atoms with Crippen molar-refractivity contribution >= 4 is 0 Å². The molecule has 0 spiro atoms.